The number of rotatable bonds is 8. The predicted molar refractivity (Wildman–Crippen MR) is 121 cm³/mol. The molecular weight excluding hydrogens is 438 g/mol. The van der Waals surface area contributed by atoms with Gasteiger partial charge in [-0.05, 0) is 30.3 Å². The summed E-state index contributed by atoms with van der Waals surface area (Å²) in [6.07, 6.45) is 1.39. The van der Waals surface area contributed by atoms with Crippen molar-refractivity contribution >= 4 is 39.4 Å². The molecule has 0 aliphatic carbocycles. The molecule has 0 aliphatic heterocycles. The number of carbonyl (C=O) groups excluding carboxylic acids is 1. The van der Waals surface area contributed by atoms with Gasteiger partial charge in [0.2, 0.25) is 0 Å². The zero-order chi connectivity index (χ0) is 22.3. The smallest absolute Gasteiger partial charge is 0.264 e. The minimum absolute atomic E-state index is 0.0604. The number of benzene rings is 3. The van der Waals surface area contributed by atoms with Gasteiger partial charge in [-0.3, -0.25) is 9.10 Å². The Labute approximate surface area is 186 Å². The van der Waals surface area contributed by atoms with E-state index in [4.69, 9.17) is 16.3 Å². The third-order valence-corrected chi connectivity index (χ3v) is 6.39. The highest BCUT2D eigenvalue weighted by atomic mass is 35.5. The Morgan fingerprint density at radius 1 is 1.06 bits per heavy atom. The summed E-state index contributed by atoms with van der Waals surface area (Å²) in [4.78, 5) is 12.6. The van der Waals surface area contributed by atoms with E-state index in [1.54, 1.807) is 66.7 Å². The zero-order valence-electron chi connectivity index (χ0n) is 16.6. The van der Waals surface area contributed by atoms with Gasteiger partial charge < -0.3 is 4.74 Å². The zero-order valence-corrected chi connectivity index (χ0v) is 18.2. The Hall–Kier alpha value is -3.36. The maximum absolute atomic E-state index is 13.3. The first kappa shape index (κ1) is 22.3. The highest BCUT2D eigenvalue weighted by Crippen LogP contribution is 2.26. The molecule has 0 heterocycles. The van der Waals surface area contributed by atoms with Crippen molar-refractivity contribution in [3.63, 3.8) is 0 Å². The fourth-order valence-electron chi connectivity index (χ4n) is 2.72. The lowest BCUT2D eigenvalue weighted by Crippen LogP contribution is -2.39. The number of hydrazone groups is 1. The van der Waals surface area contributed by atoms with Gasteiger partial charge in [0.15, 0.2) is 0 Å². The van der Waals surface area contributed by atoms with Crippen LogP contribution in [0.25, 0.3) is 0 Å². The van der Waals surface area contributed by atoms with Gasteiger partial charge in [-0.1, -0.05) is 54.1 Å². The molecule has 1 N–H and O–H groups in total. The minimum atomic E-state index is -4.01. The molecule has 0 aromatic heterocycles. The molecule has 0 bridgehead atoms. The average Bonchev–Trinajstić information content (AvgIpc) is 2.79. The number of methoxy groups -OCH3 is 1. The van der Waals surface area contributed by atoms with Crippen LogP contribution >= 0.6 is 11.6 Å². The van der Waals surface area contributed by atoms with Crippen molar-refractivity contribution in [1.29, 1.82) is 0 Å². The molecule has 0 fully saturated rings. The summed E-state index contributed by atoms with van der Waals surface area (Å²) >= 11 is 6.06. The van der Waals surface area contributed by atoms with Crippen LogP contribution in [-0.2, 0) is 14.8 Å². The predicted octanol–water partition coefficient (Wildman–Crippen LogP) is 3.69. The van der Waals surface area contributed by atoms with E-state index in [-0.39, 0.29) is 10.6 Å². The molecule has 9 heteroatoms. The van der Waals surface area contributed by atoms with Gasteiger partial charge in [0, 0.05) is 16.7 Å². The summed E-state index contributed by atoms with van der Waals surface area (Å²) < 4.78 is 32.7. The summed E-state index contributed by atoms with van der Waals surface area (Å²) in [5, 5.41) is 4.36. The van der Waals surface area contributed by atoms with E-state index in [1.807, 2.05) is 0 Å². The number of nitrogens with one attached hydrogen (secondary N) is 1. The lowest BCUT2D eigenvalue weighted by Gasteiger charge is -2.24. The van der Waals surface area contributed by atoms with Crippen molar-refractivity contribution in [3.05, 3.63) is 89.4 Å². The maximum atomic E-state index is 13.3. The Balaban J connectivity index is 1.86. The maximum Gasteiger partial charge on any atom is 0.264 e. The van der Waals surface area contributed by atoms with Crippen LogP contribution in [0, 0.1) is 0 Å². The molecule has 0 unspecified atom stereocenters. The first-order chi connectivity index (χ1) is 14.9. The summed E-state index contributed by atoms with van der Waals surface area (Å²) in [5.41, 5.74) is 3.25. The fraction of sp³-hybridized carbons (Fsp3) is 0.0909. The van der Waals surface area contributed by atoms with Crippen molar-refractivity contribution in [2.75, 3.05) is 18.0 Å². The van der Waals surface area contributed by atoms with Crippen molar-refractivity contribution in [1.82, 2.24) is 5.43 Å². The van der Waals surface area contributed by atoms with E-state index in [1.165, 1.54) is 25.5 Å². The molecule has 0 saturated carbocycles. The summed E-state index contributed by atoms with van der Waals surface area (Å²) in [6, 6.07) is 21.3. The summed E-state index contributed by atoms with van der Waals surface area (Å²) in [7, 11) is -2.54. The van der Waals surface area contributed by atoms with E-state index in [2.05, 4.69) is 10.5 Å². The number of carbonyl (C=O) groups is 1. The Kier molecular flexibility index (Phi) is 7.28. The van der Waals surface area contributed by atoms with Crippen molar-refractivity contribution in [2.45, 2.75) is 4.90 Å². The molecule has 0 atom stereocenters. The lowest BCUT2D eigenvalue weighted by molar-refractivity contribution is -0.119. The molecule has 160 valence electrons. The monoisotopic (exact) mass is 457 g/mol. The van der Waals surface area contributed by atoms with Crippen LogP contribution in [0.1, 0.15) is 5.56 Å². The third-order valence-electron chi connectivity index (χ3n) is 4.26. The van der Waals surface area contributed by atoms with Gasteiger partial charge in [-0.25, -0.2) is 13.8 Å². The number of anilines is 1. The van der Waals surface area contributed by atoms with Gasteiger partial charge in [-0.2, -0.15) is 5.10 Å². The van der Waals surface area contributed by atoms with E-state index >= 15 is 0 Å². The largest absolute Gasteiger partial charge is 0.497 e. The van der Waals surface area contributed by atoms with Crippen LogP contribution in [-0.4, -0.2) is 34.2 Å². The van der Waals surface area contributed by atoms with Gasteiger partial charge in [0.1, 0.15) is 12.3 Å². The number of sulfonamides is 1. The number of hydrogen-bond acceptors (Lipinski definition) is 5. The van der Waals surface area contributed by atoms with E-state index in [0.717, 1.165) is 4.31 Å². The van der Waals surface area contributed by atoms with E-state index in [0.29, 0.717) is 16.3 Å². The summed E-state index contributed by atoms with van der Waals surface area (Å²) in [6.45, 7) is -0.482. The van der Waals surface area contributed by atoms with Gasteiger partial charge in [0.05, 0.1) is 23.9 Å². The molecule has 0 aliphatic rings. The molecule has 3 aromatic rings. The number of hydrogen-bond donors (Lipinski definition) is 1. The van der Waals surface area contributed by atoms with Crippen LogP contribution in [0.2, 0.25) is 5.02 Å². The normalized spacial score (nSPS) is 11.3. The topological polar surface area (TPSA) is 88.1 Å². The highest BCUT2D eigenvalue weighted by molar-refractivity contribution is 7.92. The fourth-order valence-corrected chi connectivity index (χ4v) is 4.34. The standard InChI is InChI=1S/C22H20ClN3O4S/c1-30-19-10-7-9-18(14-19)26(31(28,29)20-11-3-2-4-12-20)16-22(27)25-24-15-17-8-5-6-13-21(17)23/h2-15H,16H2,1H3,(H,25,27)/b24-15-. The van der Waals surface area contributed by atoms with Crippen LogP contribution in [0.15, 0.2) is 88.9 Å². The van der Waals surface area contributed by atoms with Gasteiger partial charge in [0.25, 0.3) is 15.9 Å². The van der Waals surface area contributed by atoms with Crippen molar-refractivity contribution < 1.29 is 17.9 Å². The molecule has 3 rings (SSSR count). The molecule has 0 radical (unpaired) electrons. The van der Waals surface area contributed by atoms with Crippen LogP contribution < -0.4 is 14.5 Å². The number of nitrogens with zero attached hydrogens (tertiary/aromatic N) is 2. The van der Waals surface area contributed by atoms with Crippen LogP contribution in [0.3, 0.4) is 0 Å². The third kappa shape index (κ3) is 5.62. The lowest BCUT2D eigenvalue weighted by atomic mass is 10.2. The molecular formula is C22H20ClN3O4S. The minimum Gasteiger partial charge on any atom is -0.497 e. The number of ether oxygens (including phenoxy) is 1. The quantitative estimate of drug-likeness (QED) is 0.412. The second kappa shape index (κ2) is 10.1. The average molecular weight is 458 g/mol. The van der Waals surface area contributed by atoms with Crippen LogP contribution in [0.5, 0.6) is 5.75 Å². The van der Waals surface area contributed by atoms with E-state index in [9.17, 15) is 13.2 Å². The second-order valence-corrected chi connectivity index (χ2v) is 8.61. The second-order valence-electron chi connectivity index (χ2n) is 6.34. The van der Waals surface area contributed by atoms with Gasteiger partial charge in [-0.15, -0.1) is 0 Å². The number of amides is 1. The SMILES string of the molecule is COc1cccc(N(CC(=O)N/N=C\c2ccccc2Cl)S(=O)(=O)c2ccccc2)c1. The highest BCUT2D eigenvalue weighted by Gasteiger charge is 2.27. The molecule has 3 aromatic carbocycles. The first-order valence-electron chi connectivity index (χ1n) is 9.20. The molecule has 0 spiro atoms. The molecule has 1 amide bonds. The van der Waals surface area contributed by atoms with E-state index < -0.39 is 22.5 Å². The Morgan fingerprint density at radius 3 is 2.48 bits per heavy atom. The first-order valence-corrected chi connectivity index (χ1v) is 11.0. The molecule has 31 heavy (non-hydrogen) atoms. The Morgan fingerprint density at radius 2 is 1.77 bits per heavy atom. The Bertz CT molecular complexity index is 1180. The van der Waals surface area contributed by atoms with Crippen molar-refractivity contribution in [3.8, 4) is 5.75 Å². The number of halogens is 1. The molecule has 0 saturated heterocycles. The molecule has 7 nitrogen and oxygen atoms in total. The van der Waals surface area contributed by atoms with Gasteiger partial charge >= 0.3 is 0 Å². The van der Waals surface area contributed by atoms with Crippen LogP contribution in [0.4, 0.5) is 5.69 Å². The summed E-state index contributed by atoms with van der Waals surface area (Å²) in [5.74, 6) is -0.159. The van der Waals surface area contributed by atoms with Crippen molar-refractivity contribution in [2.24, 2.45) is 5.10 Å².